The smallest absolute Gasteiger partial charge is 0.387 e. The van der Waals surface area contributed by atoms with Crippen LogP contribution in [0.5, 0.6) is 5.75 Å². The monoisotopic (exact) mass is 313 g/mol. The number of hydrogen-bond donors (Lipinski definition) is 2. The molecule has 1 aromatic carbocycles. The summed E-state index contributed by atoms with van der Waals surface area (Å²) in [5.74, 6) is 0.146. The van der Waals surface area contributed by atoms with Crippen LogP contribution >= 0.6 is 0 Å². The number of urea groups is 1. The molecule has 2 rings (SSSR count). The van der Waals surface area contributed by atoms with Gasteiger partial charge in [0.2, 0.25) is 0 Å². The lowest BCUT2D eigenvalue weighted by molar-refractivity contribution is -0.0498. The molecule has 0 bridgehead atoms. The van der Waals surface area contributed by atoms with Crippen LogP contribution in [0.2, 0.25) is 0 Å². The molecule has 1 fully saturated rings. The van der Waals surface area contributed by atoms with Gasteiger partial charge in [-0.05, 0) is 44.0 Å². The van der Waals surface area contributed by atoms with Gasteiger partial charge in [0.25, 0.3) is 0 Å². The summed E-state index contributed by atoms with van der Waals surface area (Å²) in [7, 11) is 0. The van der Waals surface area contributed by atoms with E-state index in [2.05, 4.69) is 20.3 Å². The molecule has 2 N–H and O–H groups in total. The number of nitrogens with zero attached hydrogens (tertiary/aromatic N) is 1. The first-order valence-corrected chi connectivity index (χ1v) is 7.42. The molecule has 1 atom stereocenters. The number of anilines is 1. The Morgan fingerprint density at radius 3 is 2.77 bits per heavy atom. The topological polar surface area (TPSA) is 53.6 Å². The van der Waals surface area contributed by atoms with Crippen molar-refractivity contribution >= 4 is 11.7 Å². The van der Waals surface area contributed by atoms with E-state index < -0.39 is 6.61 Å². The van der Waals surface area contributed by atoms with E-state index in [1.54, 1.807) is 12.1 Å². The number of benzene rings is 1. The Labute approximate surface area is 128 Å². The molecule has 22 heavy (non-hydrogen) atoms. The molecule has 7 heteroatoms. The van der Waals surface area contributed by atoms with E-state index in [0.29, 0.717) is 13.1 Å². The third-order valence-electron chi connectivity index (χ3n) is 3.52. The lowest BCUT2D eigenvalue weighted by atomic mass is 10.0. The minimum atomic E-state index is -2.81. The standard InChI is InChI=1S/C15H21F2N3O2/c1-2-18-15(21)19-11-4-3-9-20(10-11)12-5-7-13(8-6-12)22-14(16)17/h5-8,11,14H,2-4,9-10H2,1H3,(H2,18,19,21). The Morgan fingerprint density at radius 2 is 2.14 bits per heavy atom. The molecule has 0 radical (unpaired) electrons. The molecular formula is C15H21F2N3O2. The number of carbonyl (C=O) groups excluding carboxylic acids is 1. The number of ether oxygens (including phenoxy) is 1. The Hall–Kier alpha value is -2.05. The van der Waals surface area contributed by atoms with Crippen LogP contribution in [0.3, 0.4) is 0 Å². The first-order valence-electron chi connectivity index (χ1n) is 7.42. The zero-order chi connectivity index (χ0) is 15.9. The molecule has 1 aliphatic heterocycles. The van der Waals surface area contributed by atoms with Crippen LogP contribution in [0.15, 0.2) is 24.3 Å². The number of rotatable bonds is 5. The third-order valence-corrected chi connectivity index (χ3v) is 3.52. The van der Waals surface area contributed by atoms with E-state index >= 15 is 0 Å². The highest BCUT2D eigenvalue weighted by Gasteiger charge is 2.21. The summed E-state index contributed by atoms with van der Waals surface area (Å²) >= 11 is 0. The van der Waals surface area contributed by atoms with E-state index in [1.165, 1.54) is 12.1 Å². The van der Waals surface area contributed by atoms with Crippen molar-refractivity contribution in [1.29, 1.82) is 0 Å². The summed E-state index contributed by atoms with van der Waals surface area (Å²) < 4.78 is 28.6. The lowest BCUT2D eigenvalue weighted by Crippen LogP contribution is -2.50. The number of hydrogen-bond acceptors (Lipinski definition) is 3. The molecule has 1 unspecified atom stereocenters. The Morgan fingerprint density at radius 1 is 1.41 bits per heavy atom. The fourth-order valence-corrected chi connectivity index (χ4v) is 2.56. The van der Waals surface area contributed by atoms with Gasteiger partial charge in [0, 0.05) is 31.4 Å². The molecule has 5 nitrogen and oxygen atoms in total. The summed E-state index contributed by atoms with van der Waals surface area (Å²) in [5.41, 5.74) is 0.934. The predicted octanol–water partition coefficient (Wildman–Crippen LogP) is 2.58. The van der Waals surface area contributed by atoms with Gasteiger partial charge in [0.15, 0.2) is 0 Å². The van der Waals surface area contributed by atoms with Crippen LogP contribution in [-0.2, 0) is 0 Å². The molecule has 1 aliphatic rings. The Kier molecular flexibility index (Phi) is 5.80. The third kappa shape index (κ3) is 4.75. The first kappa shape index (κ1) is 16.3. The van der Waals surface area contributed by atoms with Crippen LogP contribution in [0, 0.1) is 0 Å². The molecular weight excluding hydrogens is 292 g/mol. The second-order valence-electron chi connectivity index (χ2n) is 5.16. The number of alkyl halides is 2. The minimum Gasteiger partial charge on any atom is -0.435 e. The van der Waals surface area contributed by atoms with Crippen molar-refractivity contribution < 1.29 is 18.3 Å². The van der Waals surface area contributed by atoms with E-state index in [9.17, 15) is 13.6 Å². The molecule has 0 aromatic heterocycles. The van der Waals surface area contributed by atoms with Crippen molar-refractivity contribution in [2.45, 2.75) is 32.4 Å². The van der Waals surface area contributed by atoms with E-state index in [4.69, 9.17) is 0 Å². The van der Waals surface area contributed by atoms with Gasteiger partial charge in [0.1, 0.15) is 5.75 Å². The SMILES string of the molecule is CCNC(=O)NC1CCCN(c2ccc(OC(F)F)cc2)C1. The number of piperidine rings is 1. The maximum atomic E-state index is 12.1. The second-order valence-corrected chi connectivity index (χ2v) is 5.16. The molecule has 2 amide bonds. The number of amides is 2. The van der Waals surface area contributed by atoms with E-state index in [1.807, 2.05) is 6.92 Å². The van der Waals surface area contributed by atoms with Crippen molar-refractivity contribution in [3.63, 3.8) is 0 Å². The van der Waals surface area contributed by atoms with Gasteiger partial charge in [-0.2, -0.15) is 8.78 Å². The highest BCUT2D eigenvalue weighted by molar-refractivity contribution is 5.74. The average molecular weight is 313 g/mol. The van der Waals surface area contributed by atoms with Crippen LogP contribution in [0.1, 0.15) is 19.8 Å². The largest absolute Gasteiger partial charge is 0.435 e. The highest BCUT2D eigenvalue weighted by Crippen LogP contribution is 2.23. The van der Waals surface area contributed by atoms with Crippen LogP contribution in [-0.4, -0.2) is 38.3 Å². The summed E-state index contributed by atoms with van der Waals surface area (Å²) in [6.07, 6.45) is 1.90. The van der Waals surface area contributed by atoms with Gasteiger partial charge in [-0.15, -0.1) is 0 Å². The molecule has 0 saturated carbocycles. The summed E-state index contributed by atoms with van der Waals surface area (Å²) in [5, 5.41) is 5.66. The quantitative estimate of drug-likeness (QED) is 0.878. The minimum absolute atomic E-state index is 0.0808. The fraction of sp³-hybridized carbons (Fsp3) is 0.533. The highest BCUT2D eigenvalue weighted by atomic mass is 19.3. The molecule has 0 spiro atoms. The van der Waals surface area contributed by atoms with Crippen molar-refractivity contribution in [2.24, 2.45) is 0 Å². The zero-order valence-corrected chi connectivity index (χ0v) is 12.5. The summed E-state index contributed by atoms with van der Waals surface area (Å²) in [6.45, 7) is 1.23. The molecule has 1 heterocycles. The first-order chi connectivity index (χ1) is 10.6. The Bertz CT molecular complexity index is 482. The van der Waals surface area contributed by atoms with Gasteiger partial charge in [-0.1, -0.05) is 0 Å². The van der Waals surface area contributed by atoms with Gasteiger partial charge in [-0.3, -0.25) is 0 Å². The van der Waals surface area contributed by atoms with Crippen molar-refractivity contribution in [1.82, 2.24) is 10.6 Å². The summed E-state index contributed by atoms with van der Waals surface area (Å²) in [4.78, 5) is 13.7. The van der Waals surface area contributed by atoms with Crippen LogP contribution in [0.25, 0.3) is 0 Å². The maximum Gasteiger partial charge on any atom is 0.387 e. The number of halogens is 2. The Balaban J connectivity index is 1.92. The maximum absolute atomic E-state index is 12.1. The molecule has 1 saturated heterocycles. The van der Waals surface area contributed by atoms with Crippen LogP contribution < -0.4 is 20.3 Å². The number of carbonyl (C=O) groups is 1. The second kappa shape index (κ2) is 7.82. The fourth-order valence-electron chi connectivity index (χ4n) is 2.56. The van der Waals surface area contributed by atoms with Crippen molar-refractivity contribution in [3.05, 3.63) is 24.3 Å². The van der Waals surface area contributed by atoms with Crippen molar-refractivity contribution in [3.8, 4) is 5.75 Å². The van der Waals surface area contributed by atoms with Gasteiger partial charge in [-0.25, -0.2) is 4.79 Å². The van der Waals surface area contributed by atoms with E-state index in [0.717, 1.165) is 25.1 Å². The molecule has 0 aliphatic carbocycles. The van der Waals surface area contributed by atoms with Gasteiger partial charge >= 0.3 is 12.6 Å². The summed E-state index contributed by atoms with van der Waals surface area (Å²) in [6, 6.07) is 6.50. The van der Waals surface area contributed by atoms with Gasteiger partial charge in [0.05, 0.1) is 0 Å². The predicted molar refractivity (Wildman–Crippen MR) is 80.5 cm³/mol. The van der Waals surface area contributed by atoms with Gasteiger partial charge < -0.3 is 20.3 Å². The number of nitrogens with one attached hydrogen (secondary N) is 2. The normalized spacial score (nSPS) is 18.2. The van der Waals surface area contributed by atoms with Crippen LogP contribution in [0.4, 0.5) is 19.3 Å². The zero-order valence-electron chi connectivity index (χ0n) is 12.5. The average Bonchev–Trinajstić information content (AvgIpc) is 2.48. The lowest BCUT2D eigenvalue weighted by Gasteiger charge is -2.34. The van der Waals surface area contributed by atoms with Crippen molar-refractivity contribution in [2.75, 3.05) is 24.5 Å². The van der Waals surface area contributed by atoms with E-state index in [-0.39, 0.29) is 17.8 Å². The molecule has 1 aromatic rings. The molecule has 122 valence electrons.